The molecule has 2 aromatic carbocycles. The van der Waals surface area contributed by atoms with Crippen LogP contribution in [0.1, 0.15) is 46.9 Å². The number of amides is 1. The fourth-order valence-electron chi connectivity index (χ4n) is 2.78. The van der Waals surface area contributed by atoms with Gasteiger partial charge in [-0.3, -0.25) is 9.59 Å². The number of hydrogen-bond donors (Lipinski definition) is 0. The van der Waals surface area contributed by atoms with Gasteiger partial charge < -0.3 is 9.64 Å². The first kappa shape index (κ1) is 16.9. The van der Waals surface area contributed by atoms with Crippen LogP contribution in [0, 0.1) is 0 Å². The second-order valence-electron chi connectivity index (χ2n) is 6.02. The molecule has 2 aromatic rings. The molecule has 0 bridgehead atoms. The van der Waals surface area contributed by atoms with Crippen LogP contribution < -0.4 is 9.64 Å². The molecule has 1 aliphatic heterocycles. The predicted octanol–water partition coefficient (Wildman–Crippen LogP) is 3.63. The van der Waals surface area contributed by atoms with Crippen molar-refractivity contribution in [2.24, 2.45) is 0 Å². The number of rotatable bonds is 4. The first-order valence-corrected chi connectivity index (χ1v) is 8.28. The Hall–Kier alpha value is -2.95. The van der Waals surface area contributed by atoms with Gasteiger partial charge in [-0.15, -0.1) is 0 Å². The van der Waals surface area contributed by atoms with Crippen molar-refractivity contribution in [1.82, 2.24) is 0 Å². The summed E-state index contributed by atoms with van der Waals surface area (Å²) >= 11 is 0. The lowest BCUT2D eigenvalue weighted by molar-refractivity contribution is -0.119. The van der Waals surface area contributed by atoms with Crippen molar-refractivity contribution in [2.75, 3.05) is 11.4 Å². The predicted molar refractivity (Wildman–Crippen MR) is 94.1 cm³/mol. The third kappa shape index (κ3) is 3.94. The Balaban J connectivity index is 1.68. The van der Waals surface area contributed by atoms with E-state index < -0.39 is 5.97 Å². The Bertz CT molecular complexity index is 793. The van der Waals surface area contributed by atoms with Crippen molar-refractivity contribution in [2.45, 2.75) is 26.2 Å². The zero-order valence-corrected chi connectivity index (χ0v) is 14.0. The van der Waals surface area contributed by atoms with E-state index >= 15 is 0 Å². The van der Waals surface area contributed by atoms with Gasteiger partial charge in [0.15, 0.2) is 5.78 Å². The maximum absolute atomic E-state index is 12.2. The Morgan fingerprint density at radius 3 is 2.16 bits per heavy atom. The molecule has 0 atom stereocenters. The van der Waals surface area contributed by atoms with E-state index in [1.165, 1.54) is 6.92 Å². The van der Waals surface area contributed by atoms with Gasteiger partial charge in [0.05, 0.1) is 5.56 Å². The van der Waals surface area contributed by atoms with Crippen LogP contribution in [0.25, 0.3) is 0 Å². The van der Waals surface area contributed by atoms with E-state index in [0.29, 0.717) is 29.8 Å². The Labute approximate surface area is 146 Å². The highest BCUT2D eigenvalue weighted by Crippen LogP contribution is 2.22. The number of ketones is 1. The molecule has 0 unspecified atom stereocenters. The molecular weight excluding hydrogens is 318 g/mol. The summed E-state index contributed by atoms with van der Waals surface area (Å²) in [5, 5.41) is 0. The van der Waals surface area contributed by atoms with Crippen molar-refractivity contribution in [3.63, 3.8) is 0 Å². The molecule has 128 valence electrons. The van der Waals surface area contributed by atoms with Crippen molar-refractivity contribution < 1.29 is 19.1 Å². The maximum atomic E-state index is 12.2. The monoisotopic (exact) mass is 337 g/mol. The van der Waals surface area contributed by atoms with E-state index in [0.717, 1.165) is 18.5 Å². The van der Waals surface area contributed by atoms with Crippen LogP contribution in [-0.2, 0) is 4.79 Å². The molecule has 1 aliphatic rings. The van der Waals surface area contributed by atoms with Crippen LogP contribution in [0.5, 0.6) is 5.75 Å². The number of piperidine rings is 1. The fourth-order valence-corrected chi connectivity index (χ4v) is 2.78. The van der Waals surface area contributed by atoms with Crippen LogP contribution in [-0.4, -0.2) is 24.2 Å². The van der Waals surface area contributed by atoms with Crippen LogP contribution in [0.3, 0.4) is 0 Å². The van der Waals surface area contributed by atoms with Gasteiger partial charge in [0.1, 0.15) is 5.75 Å². The molecule has 1 amide bonds. The van der Waals surface area contributed by atoms with Gasteiger partial charge in [0, 0.05) is 24.2 Å². The number of nitrogens with zero attached hydrogens (tertiary/aromatic N) is 1. The molecule has 1 heterocycles. The third-order valence-electron chi connectivity index (χ3n) is 4.21. The Morgan fingerprint density at radius 1 is 0.920 bits per heavy atom. The van der Waals surface area contributed by atoms with E-state index in [1.54, 1.807) is 53.4 Å². The summed E-state index contributed by atoms with van der Waals surface area (Å²) in [5.41, 5.74) is 1.77. The number of anilines is 1. The zero-order chi connectivity index (χ0) is 17.8. The van der Waals surface area contributed by atoms with Crippen LogP contribution >= 0.6 is 0 Å². The second-order valence-corrected chi connectivity index (χ2v) is 6.02. The minimum atomic E-state index is -0.480. The van der Waals surface area contributed by atoms with Gasteiger partial charge >= 0.3 is 5.97 Å². The fraction of sp³-hybridized carbons (Fsp3) is 0.250. The first-order chi connectivity index (χ1) is 12.0. The second kappa shape index (κ2) is 7.30. The molecular formula is C20H19NO4. The van der Waals surface area contributed by atoms with Gasteiger partial charge in [-0.05, 0) is 68.3 Å². The van der Waals surface area contributed by atoms with Gasteiger partial charge in [0.25, 0.3) is 0 Å². The minimum Gasteiger partial charge on any atom is -0.423 e. The highest BCUT2D eigenvalue weighted by atomic mass is 16.5. The van der Waals surface area contributed by atoms with Gasteiger partial charge in [-0.1, -0.05) is 0 Å². The number of carbonyl (C=O) groups excluding carboxylic acids is 3. The summed E-state index contributed by atoms with van der Waals surface area (Å²) < 4.78 is 5.31. The Morgan fingerprint density at radius 2 is 1.56 bits per heavy atom. The number of hydrogen-bond acceptors (Lipinski definition) is 4. The minimum absolute atomic E-state index is 0.0410. The molecule has 0 spiro atoms. The molecule has 25 heavy (non-hydrogen) atoms. The molecule has 3 rings (SSSR count). The van der Waals surface area contributed by atoms with E-state index in [-0.39, 0.29) is 11.7 Å². The highest BCUT2D eigenvalue weighted by Gasteiger charge is 2.20. The summed E-state index contributed by atoms with van der Waals surface area (Å²) in [5.74, 6) is -0.0229. The molecule has 1 saturated heterocycles. The number of Topliss-reactive ketones (excluding diaryl/α,β-unsaturated/α-hetero) is 1. The molecule has 0 aromatic heterocycles. The summed E-state index contributed by atoms with van der Waals surface area (Å²) in [6.07, 6.45) is 2.49. The molecule has 1 fully saturated rings. The largest absolute Gasteiger partial charge is 0.423 e. The van der Waals surface area contributed by atoms with Gasteiger partial charge in [0.2, 0.25) is 5.91 Å². The summed E-state index contributed by atoms with van der Waals surface area (Å²) in [6.45, 7) is 2.20. The first-order valence-electron chi connectivity index (χ1n) is 8.28. The lowest BCUT2D eigenvalue weighted by Crippen LogP contribution is -2.35. The topological polar surface area (TPSA) is 63.7 Å². The van der Waals surface area contributed by atoms with Crippen molar-refractivity contribution in [3.8, 4) is 5.75 Å². The average Bonchev–Trinajstić information content (AvgIpc) is 2.63. The number of benzene rings is 2. The SMILES string of the molecule is CC(=O)c1ccc(OC(=O)c2ccc(N3CCCCC3=O)cc2)cc1. The van der Waals surface area contributed by atoms with E-state index in [1.807, 2.05) is 0 Å². The standard InChI is InChI=1S/C20H19NO4/c1-14(22)15-7-11-18(12-8-15)25-20(24)16-5-9-17(10-6-16)21-13-3-2-4-19(21)23/h5-12H,2-4,13H2,1H3. The van der Waals surface area contributed by atoms with Crippen molar-refractivity contribution in [1.29, 1.82) is 0 Å². The highest BCUT2D eigenvalue weighted by molar-refractivity contribution is 5.96. The van der Waals surface area contributed by atoms with Crippen LogP contribution in [0.4, 0.5) is 5.69 Å². The smallest absolute Gasteiger partial charge is 0.343 e. The zero-order valence-electron chi connectivity index (χ0n) is 14.0. The van der Waals surface area contributed by atoms with E-state index in [9.17, 15) is 14.4 Å². The maximum Gasteiger partial charge on any atom is 0.343 e. The summed E-state index contributed by atoms with van der Waals surface area (Å²) in [7, 11) is 0. The number of carbonyl (C=O) groups is 3. The van der Waals surface area contributed by atoms with Crippen molar-refractivity contribution >= 4 is 23.3 Å². The molecule has 0 saturated carbocycles. The third-order valence-corrected chi connectivity index (χ3v) is 4.21. The molecule has 0 aliphatic carbocycles. The lowest BCUT2D eigenvalue weighted by atomic mass is 10.1. The summed E-state index contributed by atoms with van der Waals surface area (Å²) in [4.78, 5) is 37.2. The lowest BCUT2D eigenvalue weighted by Gasteiger charge is -2.26. The normalized spacial score (nSPS) is 14.3. The number of esters is 1. The van der Waals surface area contributed by atoms with Crippen LogP contribution in [0.2, 0.25) is 0 Å². The Kier molecular flexibility index (Phi) is 4.93. The van der Waals surface area contributed by atoms with Crippen molar-refractivity contribution in [3.05, 3.63) is 59.7 Å². The van der Waals surface area contributed by atoms with Crippen LogP contribution in [0.15, 0.2) is 48.5 Å². The van der Waals surface area contributed by atoms with Gasteiger partial charge in [-0.25, -0.2) is 4.79 Å². The van der Waals surface area contributed by atoms with E-state index in [4.69, 9.17) is 4.74 Å². The molecule has 5 nitrogen and oxygen atoms in total. The van der Waals surface area contributed by atoms with Gasteiger partial charge in [-0.2, -0.15) is 0 Å². The number of ether oxygens (including phenoxy) is 1. The average molecular weight is 337 g/mol. The molecule has 0 radical (unpaired) electrons. The van der Waals surface area contributed by atoms with E-state index in [2.05, 4.69) is 0 Å². The molecule has 0 N–H and O–H groups in total. The quantitative estimate of drug-likeness (QED) is 0.485. The summed E-state index contributed by atoms with van der Waals surface area (Å²) in [6, 6.07) is 13.3. The molecule has 5 heteroatoms.